The van der Waals surface area contributed by atoms with Gasteiger partial charge in [0.1, 0.15) is 6.04 Å². The van der Waals surface area contributed by atoms with E-state index in [9.17, 15) is 4.79 Å². The molecule has 1 rings (SSSR count). The molecule has 1 aliphatic rings. The van der Waals surface area contributed by atoms with Crippen LogP contribution in [0.4, 0.5) is 0 Å². The predicted octanol–water partition coefficient (Wildman–Crippen LogP) is 1.85. The quantitative estimate of drug-likeness (QED) is 0.687. The molecule has 0 radical (unpaired) electrons. The standard InChI is InChI=1S/C11H21NO2/c1-2-5-10(12)11(13)14-8-9-6-3-4-7-9/h9-10H,2-8,12H2,1H3. The Hall–Kier alpha value is -0.570. The third kappa shape index (κ3) is 3.66. The van der Waals surface area contributed by atoms with Crippen LogP contribution < -0.4 is 5.73 Å². The number of hydrogen-bond donors (Lipinski definition) is 1. The second kappa shape index (κ2) is 6.02. The third-order valence-corrected chi connectivity index (χ3v) is 2.84. The summed E-state index contributed by atoms with van der Waals surface area (Å²) in [7, 11) is 0. The van der Waals surface area contributed by atoms with Crippen LogP contribution in [-0.4, -0.2) is 18.6 Å². The Morgan fingerprint density at radius 1 is 1.50 bits per heavy atom. The van der Waals surface area contributed by atoms with Crippen LogP contribution in [0.3, 0.4) is 0 Å². The first-order chi connectivity index (χ1) is 6.74. The summed E-state index contributed by atoms with van der Waals surface area (Å²) in [6.45, 7) is 2.60. The number of rotatable bonds is 5. The van der Waals surface area contributed by atoms with Crippen molar-refractivity contribution in [3.8, 4) is 0 Å². The second-order valence-electron chi connectivity index (χ2n) is 4.18. The summed E-state index contributed by atoms with van der Waals surface area (Å²) >= 11 is 0. The molecule has 0 aromatic rings. The molecule has 0 amide bonds. The van der Waals surface area contributed by atoms with E-state index in [0.717, 1.165) is 12.8 Å². The van der Waals surface area contributed by atoms with Crippen LogP contribution in [0.2, 0.25) is 0 Å². The van der Waals surface area contributed by atoms with Gasteiger partial charge in [0.25, 0.3) is 0 Å². The van der Waals surface area contributed by atoms with E-state index < -0.39 is 6.04 Å². The summed E-state index contributed by atoms with van der Waals surface area (Å²) in [6.07, 6.45) is 6.63. The van der Waals surface area contributed by atoms with Crippen LogP contribution in [-0.2, 0) is 9.53 Å². The van der Waals surface area contributed by atoms with Crippen LogP contribution in [0.15, 0.2) is 0 Å². The lowest BCUT2D eigenvalue weighted by Crippen LogP contribution is -2.33. The molecular formula is C11H21NO2. The van der Waals surface area contributed by atoms with E-state index in [0.29, 0.717) is 12.5 Å². The lowest BCUT2D eigenvalue weighted by Gasteiger charge is -2.13. The van der Waals surface area contributed by atoms with Crippen molar-refractivity contribution in [2.45, 2.75) is 51.5 Å². The van der Waals surface area contributed by atoms with E-state index in [-0.39, 0.29) is 5.97 Å². The fraction of sp³-hybridized carbons (Fsp3) is 0.909. The van der Waals surface area contributed by atoms with Crippen LogP contribution in [0, 0.1) is 5.92 Å². The molecule has 1 unspecified atom stereocenters. The normalized spacial score (nSPS) is 19.6. The molecule has 0 heterocycles. The van der Waals surface area contributed by atoms with Crippen LogP contribution >= 0.6 is 0 Å². The van der Waals surface area contributed by atoms with E-state index in [2.05, 4.69) is 0 Å². The fourth-order valence-electron chi connectivity index (χ4n) is 1.91. The van der Waals surface area contributed by atoms with Gasteiger partial charge in [-0.05, 0) is 25.2 Å². The zero-order chi connectivity index (χ0) is 10.4. The molecule has 0 spiro atoms. The fourth-order valence-corrected chi connectivity index (χ4v) is 1.91. The highest BCUT2D eigenvalue weighted by Crippen LogP contribution is 2.24. The number of nitrogens with two attached hydrogens (primary N) is 1. The van der Waals surface area contributed by atoms with Gasteiger partial charge in [0.2, 0.25) is 0 Å². The van der Waals surface area contributed by atoms with Gasteiger partial charge < -0.3 is 10.5 Å². The molecular weight excluding hydrogens is 178 g/mol. The third-order valence-electron chi connectivity index (χ3n) is 2.84. The van der Waals surface area contributed by atoms with Gasteiger partial charge in [-0.2, -0.15) is 0 Å². The lowest BCUT2D eigenvalue weighted by molar-refractivity contribution is -0.146. The number of hydrogen-bond acceptors (Lipinski definition) is 3. The summed E-state index contributed by atoms with van der Waals surface area (Å²) in [5, 5.41) is 0. The molecule has 1 aliphatic carbocycles. The smallest absolute Gasteiger partial charge is 0.322 e. The topological polar surface area (TPSA) is 52.3 Å². The Bertz CT molecular complexity index is 176. The molecule has 14 heavy (non-hydrogen) atoms. The van der Waals surface area contributed by atoms with E-state index in [1.807, 2.05) is 6.92 Å². The molecule has 1 saturated carbocycles. The van der Waals surface area contributed by atoms with Crippen LogP contribution in [0.1, 0.15) is 45.4 Å². The summed E-state index contributed by atoms with van der Waals surface area (Å²) in [5.41, 5.74) is 5.64. The van der Waals surface area contributed by atoms with Crippen molar-refractivity contribution >= 4 is 5.97 Å². The van der Waals surface area contributed by atoms with Gasteiger partial charge in [-0.3, -0.25) is 4.79 Å². The largest absolute Gasteiger partial charge is 0.464 e. The zero-order valence-electron chi connectivity index (χ0n) is 9.00. The summed E-state index contributed by atoms with van der Waals surface area (Å²) in [5.74, 6) is 0.367. The number of ether oxygens (including phenoxy) is 1. The second-order valence-corrected chi connectivity index (χ2v) is 4.18. The minimum absolute atomic E-state index is 0.223. The van der Waals surface area contributed by atoms with Gasteiger partial charge in [-0.15, -0.1) is 0 Å². The van der Waals surface area contributed by atoms with Crippen molar-refractivity contribution in [3.63, 3.8) is 0 Å². The van der Waals surface area contributed by atoms with Gasteiger partial charge in [0.05, 0.1) is 6.61 Å². The maximum absolute atomic E-state index is 11.3. The summed E-state index contributed by atoms with van der Waals surface area (Å²) in [6, 6.07) is -0.415. The highest BCUT2D eigenvalue weighted by Gasteiger charge is 2.19. The van der Waals surface area contributed by atoms with Gasteiger partial charge in [-0.25, -0.2) is 0 Å². The molecule has 1 atom stereocenters. The molecule has 3 heteroatoms. The molecule has 82 valence electrons. The predicted molar refractivity (Wildman–Crippen MR) is 55.8 cm³/mol. The number of carbonyl (C=O) groups is 1. The van der Waals surface area contributed by atoms with E-state index in [1.165, 1.54) is 25.7 Å². The highest BCUT2D eigenvalue weighted by molar-refractivity contribution is 5.75. The minimum atomic E-state index is -0.415. The molecule has 3 nitrogen and oxygen atoms in total. The van der Waals surface area contributed by atoms with Gasteiger partial charge in [-0.1, -0.05) is 26.2 Å². The van der Waals surface area contributed by atoms with E-state index in [1.54, 1.807) is 0 Å². The maximum Gasteiger partial charge on any atom is 0.322 e. The molecule has 1 fully saturated rings. The molecule has 0 aromatic carbocycles. The zero-order valence-corrected chi connectivity index (χ0v) is 9.00. The Kier molecular flexibility index (Phi) is 4.94. The highest BCUT2D eigenvalue weighted by atomic mass is 16.5. The maximum atomic E-state index is 11.3. The Balaban J connectivity index is 2.13. The van der Waals surface area contributed by atoms with Crippen LogP contribution in [0.5, 0.6) is 0 Å². The first-order valence-corrected chi connectivity index (χ1v) is 5.66. The summed E-state index contributed by atoms with van der Waals surface area (Å²) in [4.78, 5) is 11.3. The average molecular weight is 199 g/mol. The van der Waals surface area contributed by atoms with Crippen LogP contribution in [0.25, 0.3) is 0 Å². The lowest BCUT2D eigenvalue weighted by atomic mass is 10.1. The van der Waals surface area contributed by atoms with Gasteiger partial charge in [0.15, 0.2) is 0 Å². The molecule has 2 N–H and O–H groups in total. The van der Waals surface area contributed by atoms with Gasteiger partial charge in [0, 0.05) is 0 Å². The molecule has 0 saturated heterocycles. The number of esters is 1. The first kappa shape index (κ1) is 11.5. The average Bonchev–Trinajstić information content (AvgIpc) is 2.67. The van der Waals surface area contributed by atoms with Crippen molar-refractivity contribution in [1.29, 1.82) is 0 Å². The van der Waals surface area contributed by atoms with Gasteiger partial charge >= 0.3 is 5.97 Å². The Morgan fingerprint density at radius 3 is 2.71 bits per heavy atom. The van der Waals surface area contributed by atoms with Crippen molar-refractivity contribution in [2.75, 3.05) is 6.61 Å². The van der Waals surface area contributed by atoms with Crippen molar-refractivity contribution in [1.82, 2.24) is 0 Å². The Morgan fingerprint density at radius 2 is 2.14 bits per heavy atom. The SMILES string of the molecule is CCCC(N)C(=O)OCC1CCCC1. The minimum Gasteiger partial charge on any atom is -0.464 e. The monoisotopic (exact) mass is 199 g/mol. The van der Waals surface area contributed by atoms with Crippen molar-refractivity contribution in [2.24, 2.45) is 11.7 Å². The van der Waals surface area contributed by atoms with Crippen molar-refractivity contribution in [3.05, 3.63) is 0 Å². The molecule has 0 aliphatic heterocycles. The molecule has 0 aromatic heterocycles. The summed E-state index contributed by atoms with van der Waals surface area (Å²) < 4.78 is 5.18. The number of carbonyl (C=O) groups excluding carboxylic acids is 1. The van der Waals surface area contributed by atoms with E-state index in [4.69, 9.17) is 10.5 Å². The van der Waals surface area contributed by atoms with Crippen molar-refractivity contribution < 1.29 is 9.53 Å². The Labute approximate surface area is 86.0 Å². The molecule has 0 bridgehead atoms. The first-order valence-electron chi connectivity index (χ1n) is 5.66. The van der Waals surface area contributed by atoms with E-state index >= 15 is 0 Å².